The molecule has 0 aliphatic carbocycles. The van der Waals surface area contributed by atoms with E-state index in [0.29, 0.717) is 5.92 Å². The fourth-order valence-corrected chi connectivity index (χ4v) is 3.45. The maximum atomic E-state index is 12.3. The lowest BCUT2D eigenvalue weighted by Gasteiger charge is -2.32. The highest BCUT2D eigenvalue weighted by atomic mass is 32.1. The summed E-state index contributed by atoms with van der Waals surface area (Å²) in [6.07, 6.45) is 4.70. The van der Waals surface area contributed by atoms with Crippen molar-refractivity contribution >= 4 is 17.2 Å². The molecule has 1 aliphatic heterocycles. The van der Waals surface area contributed by atoms with E-state index in [4.69, 9.17) is 0 Å². The SMILES string of the molecule is CCCCCN1CC(CC)c2ccsc2C1=O. The van der Waals surface area contributed by atoms with Gasteiger partial charge in [-0.25, -0.2) is 0 Å². The van der Waals surface area contributed by atoms with Gasteiger partial charge in [-0.3, -0.25) is 4.79 Å². The normalized spacial score (nSPS) is 19.5. The van der Waals surface area contributed by atoms with Gasteiger partial charge in [-0.1, -0.05) is 26.7 Å². The lowest BCUT2D eigenvalue weighted by Crippen LogP contribution is -2.39. The third-order valence-electron chi connectivity index (χ3n) is 3.58. The van der Waals surface area contributed by atoms with Crippen LogP contribution < -0.4 is 0 Å². The van der Waals surface area contributed by atoms with E-state index < -0.39 is 0 Å². The van der Waals surface area contributed by atoms with E-state index in [1.165, 1.54) is 18.4 Å². The van der Waals surface area contributed by atoms with Gasteiger partial charge >= 0.3 is 0 Å². The molecule has 0 bridgehead atoms. The summed E-state index contributed by atoms with van der Waals surface area (Å²) in [6, 6.07) is 2.13. The highest BCUT2D eigenvalue weighted by molar-refractivity contribution is 7.12. The van der Waals surface area contributed by atoms with Gasteiger partial charge in [0.25, 0.3) is 5.91 Å². The zero-order valence-electron chi connectivity index (χ0n) is 10.7. The van der Waals surface area contributed by atoms with Crippen LogP contribution in [-0.4, -0.2) is 23.9 Å². The Morgan fingerprint density at radius 3 is 2.94 bits per heavy atom. The average molecular weight is 251 g/mol. The monoisotopic (exact) mass is 251 g/mol. The number of amides is 1. The van der Waals surface area contributed by atoms with Gasteiger partial charge in [-0.05, 0) is 29.9 Å². The molecular formula is C14H21NOS. The van der Waals surface area contributed by atoms with E-state index in [2.05, 4.69) is 30.2 Å². The number of fused-ring (bicyclic) bond motifs is 1. The number of carbonyl (C=O) groups excluding carboxylic acids is 1. The van der Waals surface area contributed by atoms with Crippen molar-refractivity contribution in [2.45, 2.75) is 45.4 Å². The van der Waals surface area contributed by atoms with Gasteiger partial charge in [0.1, 0.15) is 0 Å². The molecule has 1 unspecified atom stereocenters. The number of thiophene rings is 1. The van der Waals surface area contributed by atoms with Crippen molar-refractivity contribution in [2.75, 3.05) is 13.1 Å². The highest BCUT2D eigenvalue weighted by Crippen LogP contribution is 2.33. The first-order valence-electron chi connectivity index (χ1n) is 6.64. The van der Waals surface area contributed by atoms with Gasteiger partial charge in [0.15, 0.2) is 0 Å². The van der Waals surface area contributed by atoms with Crippen molar-refractivity contribution in [1.82, 2.24) is 4.90 Å². The first-order valence-corrected chi connectivity index (χ1v) is 7.52. The van der Waals surface area contributed by atoms with Crippen molar-refractivity contribution < 1.29 is 4.79 Å². The number of carbonyl (C=O) groups is 1. The summed E-state index contributed by atoms with van der Waals surface area (Å²) in [5.41, 5.74) is 1.29. The van der Waals surface area contributed by atoms with E-state index in [-0.39, 0.29) is 5.91 Å². The topological polar surface area (TPSA) is 20.3 Å². The Bertz CT molecular complexity index is 385. The van der Waals surface area contributed by atoms with Crippen LogP contribution >= 0.6 is 11.3 Å². The number of nitrogens with zero attached hydrogens (tertiary/aromatic N) is 1. The minimum absolute atomic E-state index is 0.260. The van der Waals surface area contributed by atoms with Crippen molar-refractivity contribution in [3.8, 4) is 0 Å². The third-order valence-corrected chi connectivity index (χ3v) is 4.50. The lowest BCUT2D eigenvalue weighted by atomic mass is 9.92. The summed E-state index contributed by atoms with van der Waals surface area (Å²) in [7, 11) is 0. The maximum absolute atomic E-state index is 12.3. The van der Waals surface area contributed by atoms with Gasteiger partial charge in [0.05, 0.1) is 4.88 Å². The molecule has 2 heterocycles. The first-order chi connectivity index (χ1) is 8.27. The Hall–Kier alpha value is -0.830. The Labute approximate surface area is 108 Å². The van der Waals surface area contributed by atoms with Crippen LogP contribution in [0.1, 0.15) is 60.7 Å². The van der Waals surface area contributed by atoms with Gasteiger partial charge in [-0.2, -0.15) is 0 Å². The zero-order chi connectivity index (χ0) is 12.3. The predicted molar refractivity (Wildman–Crippen MR) is 72.8 cm³/mol. The minimum atomic E-state index is 0.260. The standard InChI is InChI=1S/C14H21NOS/c1-3-5-6-8-15-10-11(4-2)12-7-9-17-13(12)14(15)16/h7,9,11H,3-6,8,10H2,1-2H3. The molecule has 0 aromatic carbocycles. The largest absolute Gasteiger partial charge is 0.337 e. The molecule has 1 aliphatic rings. The van der Waals surface area contributed by atoms with Crippen LogP contribution in [0.3, 0.4) is 0 Å². The Balaban J connectivity index is 2.09. The molecule has 0 saturated carbocycles. The Morgan fingerprint density at radius 2 is 2.24 bits per heavy atom. The zero-order valence-corrected chi connectivity index (χ0v) is 11.6. The van der Waals surface area contributed by atoms with Crippen LogP contribution in [0.25, 0.3) is 0 Å². The molecule has 94 valence electrons. The molecule has 3 heteroatoms. The van der Waals surface area contributed by atoms with Crippen LogP contribution in [-0.2, 0) is 0 Å². The molecular weight excluding hydrogens is 230 g/mol. The minimum Gasteiger partial charge on any atom is -0.337 e. The number of hydrogen-bond acceptors (Lipinski definition) is 2. The van der Waals surface area contributed by atoms with E-state index >= 15 is 0 Å². The average Bonchev–Trinajstić information content (AvgIpc) is 2.82. The second-order valence-corrected chi connectivity index (χ2v) is 5.68. The Morgan fingerprint density at radius 1 is 1.41 bits per heavy atom. The first kappa shape index (κ1) is 12.6. The molecule has 1 aromatic rings. The van der Waals surface area contributed by atoms with E-state index in [9.17, 15) is 4.79 Å². The van der Waals surface area contributed by atoms with E-state index in [1.807, 2.05) is 0 Å². The predicted octanol–water partition coefficient (Wildman–Crippen LogP) is 3.89. The highest BCUT2D eigenvalue weighted by Gasteiger charge is 2.30. The van der Waals surface area contributed by atoms with Crippen LogP contribution in [0, 0.1) is 0 Å². The number of unbranched alkanes of at least 4 members (excludes halogenated alkanes) is 2. The fourth-order valence-electron chi connectivity index (χ4n) is 2.50. The molecule has 0 fully saturated rings. The molecule has 1 aromatic heterocycles. The summed E-state index contributed by atoms with van der Waals surface area (Å²) in [5.74, 6) is 0.811. The molecule has 2 nitrogen and oxygen atoms in total. The van der Waals surface area contributed by atoms with Gasteiger partial charge in [0.2, 0.25) is 0 Å². The van der Waals surface area contributed by atoms with Gasteiger partial charge in [0, 0.05) is 19.0 Å². The molecule has 0 spiro atoms. The quantitative estimate of drug-likeness (QED) is 0.727. The van der Waals surface area contributed by atoms with Crippen molar-refractivity contribution in [3.63, 3.8) is 0 Å². The maximum Gasteiger partial charge on any atom is 0.264 e. The smallest absolute Gasteiger partial charge is 0.264 e. The molecule has 0 N–H and O–H groups in total. The van der Waals surface area contributed by atoms with Crippen LogP contribution in [0.15, 0.2) is 11.4 Å². The van der Waals surface area contributed by atoms with Crippen LogP contribution in [0.4, 0.5) is 0 Å². The molecule has 17 heavy (non-hydrogen) atoms. The summed E-state index contributed by atoms with van der Waals surface area (Å²) in [6.45, 7) is 6.26. The number of rotatable bonds is 5. The van der Waals surface area contributed by atoms with Crippen molar-refractivity contribution in [2.24, 2.45) is 0 Å². The van der Waals surface area contributed by atoms with Crippen molar-refractivity contribution in [1.29, 1.82) is 0 Å². The van der Waals surface area contributed by atoms with E-state index in [0.717, 1.165) is 30.8 Å². The van der Waals surface area contributed by atoms with E-state index in [1.54, 1.807) is 11.3 Å². The second kappa shape index (κ2) is 5.67. The lowest BCUT2D eigenvalue weighted by molar-refractivity contribution is 0.0723. The molecule has 1 atom stereocenters. The molecule has 0 radical (unpaired) electrons. The second-order valence-electron chi connectivity index (χ2n) is 4.77. The van der Waals surface area contributed by atoms with Crippen LogP contribution in [0.5, 0.6) is 0 Å². The number of hydrogen-bond donors (Lipinski definition) is 0. The molecule has 1 amide bonds. The summed E-state index contributed by atoms with van der Waals surface area (Å²) >= 11 is 1.60. The van der Waals surface area contributed by atoms with Gasteiger partial charge in [-0.15, -0.1) is 11.3 Å². The third kappa shape index (κ3) is 2.54. The molecule has 0 saturated heterocycles. The summed E-state index contributed by atoms with van der Waals surface area (Å²) < 4.78 is 0. The molecule has 2 rings (SSSR count). The summed E-state index contributed by atoms with van der Waals surface area (Å²) in [4.78, 5) is 15.3. The Kier molecular flexibility index (Phi) is 4.21. The van der Waals surface area contributed by atoms with Crippen molar-refractivity contribution in [3.05, 3.63) is 21.9 Å². The fraction of sp³-hybridized carbons (Fsp3) is 0.643. The van der Waals surface area contributed by atoms with Gasteiger partial charge < -0.3 is 4.90 Å². The summed E-state index contributed by atoms with van der Waals surface area (Å²) in [5, 5.41) is 2.06. The van der Waals surface area contributed by atoms with Crippen LogP contribution in [0.2, 0.25) is 0 Å².